The average molecular weight is 363 g/mol. The van der Waals surface area contributed by atoms with Crippen molar-refractivity contribution >= 4 is 33.2 Å². The highest BCUT2D eigenvalue weighted by Gasteiger charge is 2.36. The molecule has 1 atom stereocenters. The number of benzene rings is 1. The van der Waals surface area contributed by atoms with Crippen LogP contribution in [-0.2, 0) is 14.8 Å². The van der Waals surface area contributed by atoms with Crippen molar-refractivity contribution in [2.75, 3.05) is 19.8 Å². The number of ether oxygens (including phenoxy) is 1. The summed E-state index contributed by atoms with van der Waals surface area (Å²) in [4.78, 5) is 4.07. The predicted molar refractivity (Wildman–Crippen MR) is 80.3 cm³/mol. The third-order valence-corrected chi connectivity index (χ3v) is 5.59. The summed E-state index contributed by atoms with van der Waals surface area (Å²) in [6.45, 7) is 0.707. The number of nitrogens with one attached hydrogen (secondary N) is 1. The van der Waals surface area contributed by atoms with Crippen LogP contribution in [0.15, 0.2) is 29.4 Å². The Morgan fingerprint density at radius 3 is 2.64 bits per heavy atom. The second-order valence-electron chi connectivity index (χ2n) is 4.68. The molecular formula is C12H12Cl2N4O3S. The third kappa shape index (κ3) is 2.97. The molecule has 1 aromatic heterocycles. The van der Waals surface area contributed by atoms with E-state index in [0.717, 1.165) is 0 Å². The van der Waals surface area contributed by atoms with E-state index in [2.05, 4.69) is 15.2 Å². The first-order chi connectivity index (χ1) is 10.5. The topological polar surface area (TPSA) is 88.2 Å². The lowest BCUT2D eigenvalue weighted by atomic mass is 10.2. The van der Waals surface area contributed by atoms with Gasteiger partial charge in [0.25, 0.3) is 0 Å². The Labute approximate surface area is 137 Å². The monoisotopic (exact) mass is 362 g/mol. The van der Waals surface area contributed by atoms with Gasteiger partial charge in [-0.05, 0) is 18.2 Å². The highest BCUT2D eigenvalue weighted by molar-refractivity contribution is 7.89. The molecular weight excluding hydrogens is 351 g/mol. The van der Waals surface area contributed by atoms with E-state index >= 15 is 0 Å². The van der Waals surface area contributed by atoms with Crippen molar-refractivity contribution in [1.82, 2.24) is 19.5 Å². The Morgan fingerprint density at radius 2 is 2.00 bits per heavy atom. The number of hydrogen-bond acceptors (Lipinski definition) is 5. The molecule has 0 radical (unpaired) electrons. The Hall–Kier alpha value is -1.19. The summed E-state index contributed by atoms with van der Waals surface area (Å²) in [6.07, 6.45) is 1.32. The molecule has 10 heteroatoms. The molecule has 3 rings (SSSR count). The van der Waals surface area contributed by atoms with Gasteiger partial charge in [-0.2, -0.15) is 9.40 Å². The van der Waals surface area contributed by atoms with Crippen LogP contribution < -0.4 is 0 Å². The second-order valence-corrected chi connectivity index (χ2v) is 7.45. The molecule has 0 spiro atoms. The van der Waals surface area contributed by atoms with Gasteiger partial charge in [0.1, 0.15) is 18.2 Å². The number of rotatable bonds is 3. The van der Waals surface area contributed by atoms with E-state index in [-0.39, 0.29) is 28.1 Å². The molecule has 118 valence electrons. The van der Waals surface area contributed by atoms with Gasteiger partial charge in [-0.3, -0.25) is 5.10 Å². The minimum Gasteiger partial charge on any atom is -0.378 e. The van der Waals surface area contributed by atoms with Gasteiger partial charge in [0.15, 0.2) is 0 Å². The molecule has 22 heavy (non-hydrogen) atoms. The first kappa shape index (κ1) is 15.7. The number of H-pyrrole nitrogens is 1. The Kier molecular flexibility index (Phi) is 4.37. The molecule has 1 aromatic carbocycles. The lowest BCUT2D eigenvalue weighted by molar-refractivity contribution is 0.0291. The van der Waals surface area contributed by atoms with Crippen LogP contribution in [0.25, 0.3) is 0 Å². The van der Waals surface area contributed by atoms with Crippen molar-refractivity contribution in [3.05, 3.63) is 40.4 Å². The first-order valence-electron chi connectivity index (χ1n) is 6.39. The molecule has 1 aliphatic heterocycles. The summed E-state index contributed by atoms with van der Waals surface area (Å²) in [5.74, 6) is 0.427. The van der Waals surface area contributed by atoms with Gasteiger partial charge in [0.05, 0.1) is 18.1 Å². The normalized spacial score (nSPS) is 20.2. The zero-order valence-electron chi connectivity index (χ0n) is 11.2. The van der Waals surface area contributed by atoms with Crippen LogP contribution in [-0.4, -0.2) is 47.7 Å². The molecule has 1 fully saturated rings. The number of hydrogen-bond donors (Lipinski definition) is 1. The first-order valence-corrected chi connectivity index (χ1v) is 8.59. The van der Waals surface area contributed by atoms with Crippen molar-refractivity contribution in [3.8, 4) is 0 Å². The van der Waals surface area contributed by atoms with Gasteiger partial charge in [0, 0.05) is 16.6 Å². The van der Waals surface area contributed by atoms with E-state index < -0.39 is 16.1 Å². The maximum Gasteiger partial charge on any atom is 0.244 e. The molecule has 2 aromatic rings. The zero-order valence-corrected chi connectivity index (χ0v) is 13.6. The molecule has 1 unspecified atom stereocenters. The summed E-state index contributed by atoms with van der Waals surface area (Å²) >= 11 is 11.8. The second kappa shape index (κ2) is 6.13. The molecule has 1 aliphatic rings. The predicted octanol–water partition coefficient (Wildman–Crippen LogP) is 1.87. The highest BCUT2D eigenvalue weighted by atomic mass is 35.5. The van der Waals surface area contributed by atoms with Crippen LogP contribution in [0.2, 0.25) is 10.0 Å². The maximum atomic E-state index is 12.9. The van der Waals surface area contributed by atoms with Crippen LogP contribution in [0, 0.1) is 0 Å². The molecule has 0 amide bonds. The van der Waals surface area contributed by atoms with Crippen molar-refractivity contribution < 1.29 is 13.2 Å². The minimum atomic E-state index is -3.79. The number of sulfonamides is 1. The van der Waals surface area contributed by atoms with Crippen LogP contribution in [0.4, 0.5) is 0 Å². The molecule has 1 N–H and O–H groups in total. The quantitative estimate of drug-likeness (QED) is 0.900. The van der Waals surface area contributed by atoms with Crippen molar-refractivity contribution in [1.29, 1.82) is 0 Å². The molecule has 0 saturated carbocycles. The summed E-state index contributed by atoms with van der Waals surface area (Å²) < 4.78 is 32.5. The van der Waals surface area contributed by atoms with Gasteiger partial charge in [0.2, 0.25) is 10.0 Å². The summed E-state index contributed by atoms with van der Waals surface area (Å²) in [5, 5.41) is 6.96. The number of halogens is 2. The van der Waals surface area contributed by atoms with E-state index in [9.17, 15) is 8.42 Å². The fourth-order valence-corrected chi connectivity index (χ4v) is 4.57. The van der Waals surface area contributed by atoms with E-state index in [1.807, 2.05) is 0 Å². The van der Waals surface area contributed by atoms with E-state index in [0.29, 0.717) is 12.4 Å². The zero-order chi connectivity index (χ0) is 15.7. The smallest absolute Gasteiger partial charge is 0.244 e. The number of aromatic amines is 1. The Bertz CT molecular complexity index is 746. The van der Waals surface area contributed by atoms with Crippen LogP contribution in [0.1, 0.15) is 11.9 Å². The van der Waals surface area contributed by atoms with E-state index in [4.69, 9.17) is 27.9 Å². The minimum absolute atomic E-state index is 0.0383. The Balaban J connectivity index is 2.02. The van der Waals surface area contributed by atoms with Crippen molar-refractivity contribution in [2.45, 2.75) is 10.9 Å². The fraction of sp³-hybridized carbons (Fsp3) is 0.333. The lowest BCUT2D eigenvalue weighted by Crippen LogP contribution is -2.43. The lowest BCUT2D eigenvalue weighted by Gasteiger charge is -2.33. The molecule has 0 bridgehead atoms. The molecule has 2 heterocycles. The maximum absolute atomic E-state index is 12.9. The summed E-state index contributed by atoms with van der Waals surface area (Å²) in [5.41, 5.74) is 0. The molecule has 7 nitrogen and oxygen atoms in total. The fourth-order valence-electron chi connectivity index (χ4n) is 2.28. The SMILES string of the molecule is O=S(=O)(c1cc(Cl)cc(Cl)c1)N1CCOCC1c1ncn[nH]1. The van der Waals surface area contributed by atoms with Crippen LogP contribution in [0.3, 0.4) is 0 Å². The van der Waals surface area contributed by atoms with Crippen LogP contribution >= 0.6 is 23.2 Å². The number of nitrogens with zero attached hydrogens (tertiary/aromatic N) is 3. The van der Waals surface area contributed by atoms with Crippen LogP contribution in [0.5, 0.6) is 0 Å². The van der Waals surface area contributed by atoms with Gasteiger partial charge in [-0.25, -0.2) is 13.4 Å². The highest BCUT2D eigenvalue weighted by Crippen LogP contribution is 2.31. The van der Waals surface area contributed by atoms with Gasteiger partial charge >= 0.3 is 0 Å². The Morgan fingerprint density at radius 1 is 1.27 bits per heavy atom. The van der Waals surface area contributed by atoms with E-state index in [1.165, 1.54) is 28.8 Å². The molecule has 1 saturated heterocycles. The number of morpholine rings is 1. The summed E-state index contributed by atoms with van der Waals surface area (Å²) in [7, 11) is -3.79. The van der Waals surface area contributed by atoms with E-state index in [1.54, 1.807) is 0 Å². The standard InChI is InChI=1S/C12H12Cl2N4O3S/c13-8-3-9(14)5-10(4-8)22(19,20)18-1-2-21-6-11(18)12-15-7-16-17-12/h3-5,7,11H,1-2,6H2,(H,15,16,17). The van der Waals surface area contributed by atoms with Gasteiger partial charge in [-0.15, -0.1) is 0 Å². The van der Waals surface area contributed by atoms with Gasteiger partial charge < -0.3 is 4.74 Å². The van der Waals surface area contributed by atoms with Crippen molar-refractivity contribution in [3.63, 3.8) is 0 Å². The van der Waals surface area contributed by atoms with Gasteiger partial charge in [-0.1, -0.05) is 23.2 Å². The largest absolute Gasteiger partial charge is 0.378 e. The number of aromatic nitrogens is 3. The third-order valence-electron chi connectivity index (χ3n) is 3.27. The van der Waals surface area contributed by atoms with Crippen molar-refractivity contribution in [2.24, 2.45) is 0 Å². The summed E-state index contributed by atoms with van der Waals surface area (Å²) in [6, 6.07) is 3.65. The average Bonchev–Trinajstić information content (AvgIpc) is 3.00. The molecule has 0 aliphatic carbocycles.